The number of carbonyl (C=O) groups excluding carboxylic acids is 1. The van der Waals surface area contributed by atoms with E-state index in [0.29, 0.717) is 4.91 Å². The summed E-state index contributed by atoms with van der Waals surface area (Å²) in [5, 5.41) is 2.10. The van der Waals surface area contributed by atoms with E-state index in [9.17, 15) is 18.0 Å². The summed E-state index contributed by atoms with van der Waals surface area (Å²) in [6.45, 7) is 0. The molecule has 8 heteroatoms. The minimum Gasteiger partial charge on any atom is -0.300 e. The molecule has 0 saturated carbocycles. The SMILES string of the molecule is O=C1NC(=Nc2cc(F)c(F)c(F)c2)/C(=C/c2cccnc2)S1. The van der Waals surface area contributed by atoms with Crippen molar-refractivity contribution >= 4 is 34.6 Å². The molecule has 2 heterocycles. The van der Waals surface area contributed by atoms with Gasteiger partial charge in [-0.2, -0.15) is 0 Å². The number of thioether (sulfide) groups is 1. The Hall–Kier alpha value is -2.61. The average Bonchev–Trinajstić information content (AvgIpc) is 2.85. The molecule has 23 heavy (non-hydrogen) atoms. The Morgan fingerprint density at radius 2 is 1.96 bits per heavy atom. The highest BCUT2D eigenvalue weighted by molar-refractivity contribution is 8.18. The second-order valence-corrected chi connectivity index (χ2v) is 5.51. The molecule has 1 aromatic carbocycles. The predicted octanol–water partition coefficient (Wildman–Crippen LogP) is 4.03. The molecule has 1 amide bonds. The number of nitrogens with one attached hydrogen (secondary N) is 1. The third kappa shape index (κ3) is 3.42. The Balaban J connectivity index is 2.00. The molecule has 0 aliphatic carbocycles. The van der Waals surface area contributed by atoms with Crippen LogP contribution >= 0.6 is 11.8 Å². The van der Waals surface area contributed by atoms with Crippen LogP contribution in [0.5, 0.6) is 0 Å². The predicted molar refractivity (Wildman–Crippen MR) is 81.7 cm³/mol. The van der Waals surface area contributed by atoms with Crippen LogP contribution in [0.1, 0.15) is 5.56 Å². The summed E-state index contributed by atoms with van der Waals surface area (Å²) < 4.78 is 39.4. The van der Waals surface area contributed by atoms with Gasteiger partial charge in [0.2, 0.25) is 0 Å². The van der Waals surface area contributed by atoms with Gasteiger partial charge in [-0.05, 0) is 29.5 Å². The normalized spacial score (nSPS) is 17.8. The minimum absolute atomic E-state index is 0.134. The molecule has 1 fully saturated rings. The fraction of sp³-hybridized carbons (Fsp3) is 0. The maximum absolute atomic E-state index is 13.2. The van der Waals surface area contributed by atoms with Crippen LogP contribution in [0.2, 0.25) is 0 Å². The largest absolute Gasteiger partial charge is 0.300 e. The molecule has 1 saturated heterocycles. The van der Waals surface area contributed by atoms with Crippen molar-refractivity contribution in [3.63, 3.8) is 0 Å². The standard InChI is InChI=1S/C15H8F3N3OS/c16-10-5-9(6-11(17)13(10)18)20-14-12(23-15(22)21-14)4-8-2-1-3-19-7-8/h1-7H,(H,20,21,22)/b12-4-. The summed E-state index contributed by atoms with van der Waals surface area (Å²) in [5.41, 5.74) is 0.590. The van der Waals surface area contributed by atoms with Crippen LogP contribution < -0.4 is 5.32 Å². The van der Waals surface area contributed by atoms with E-state index in [1.54, 1.807) is 30.6 Å². The maximum atomic E-state index is 13.2. The summed E-state index contributed by atoms with van der Waals surface area (Å²) in [6.07, 6.45) is 4.85. The van der Waals surface area contributed by atoms with E-state index >= 15 is 0 Å². The highest BCUT2D eigenvalue weighted by atomic mass is 32.2. The Bertz CT molecular complexity index is 814. The number of benzene rings is 1. The number of pyridine rings is 1. The van der Waals surface area contributed by atoms with Gasteiger partial charge in [-0.25, -0.2) is 18.2 Å². The van der Waals surface area contributed by atoms with Gasteiger partial charge >= 0.3 is 0 Å². The number of aromatic nitrogens is 1. The van der Waals surface area contributed by atoms with Crippen LogP contribution in [0.15, 0.2) is 46.6 Å². The molecule has 1 aliphatic heterocycles. The van der Waals surface area contributed by atoms with Crippen molar-refractivity contribution in [1.29, 1.82) is 0 Å². The Kier molecular flexibility index (Phi) is 4.16. The Morgan fingerprint density at radius 3 is 2.61 bits per heavy atom. The number of nitrogens with zero attached hydrogens (tertiary/aromatic N) is 2. The number of hydrogen-bond acceptors (Lipinski definition) is 4. The van der Waals surface area contributed by atoms with Crippen LogP contribution in [0.3, 0.4) is 0 Å². The summed E-state index contributed by atoms with van der Waals surface area (Å²) in [6, 6.07) is 5.01. The number of amidine groups is 1. The van der Waals surface area contributed by atoms with Gasteiger partial charge in [-0.15, -0.1) is 0 Å². The van der Waals surface area contributed by atoms with Crippen molar-refractivity contribution in [3.8, 4) is 0 Å². The van der Waals surface area contributed by atoms with Crippen molar-refractivity contribution in [2.45, 2.75) is 0 Å². The molecule has 2 aromatic rings. The highest BCUT2D eigenvalue weighted by Crippen LogP contribution is 2.29. The number of carbonyl (C=O) groups is 1. The van der Waals surface area contributed by atoms with E-state index in [2.05, 4.69) is 15.3 Å². The fourth-order valence-electron chi connectivity index (χ4n) is 1.86. The molecule has 1 aliphatic rings. The van der Waals surface area contributed by atoms with E-state index in [0.717, 1.165) is 29.5 Å². The van der Waals surface area contributed by atoms with Crippen molar-refractivity contribution < 1.29 is 18.0 Å². The van der Waals surface area contributed by atoms with E-state index in [1.165, 1.54) is 0 Å². The molecular formula is C15H8F3N3OS. The number of rotatable bonds is 2. The first kappa shape index (κ1) is 15.3. The van der Waals surface area contributed by atoms with Gasteiger partial charge < -0.3 is 5.32 Å². The Morgan fingerprint density at radius 1 is 1.22 bits per heavy atom. The van der Waals surface area contributed by atoms with Crippen molar-refractivity contribution in [2.24, 2.45) is 4.99 Å². The van der Waals surface area contributed by atoms with Gasteiger partial charge in [-0.3, -0.25) is 9.78 Å². The smallest absolute Gasteiger partial charge is 0.289 e. The zero-order valence-electron chi connectivity index (χ0n) is 11.4. The van der Waals surface area contributed by atoms with Gasteiger partial charge in [0.1, 0.15) is 5.84 Å². The molecule has 1 N–H and O–H groups in total. The molecule has 0 radical (unpaired) electrons. The van der Waals surface area contributed by atoms with E-state index in [1.807, 2.05) is 0 Å². The van der Waals surface area contributed by atoms with Crippen LogP contribution in [0.4, 0.5) is 23.7 Å². The first-order chi connectivity index (χ1) is 11.0. The van der Waals surface area contributed by atoms with Gasteiger partial charge in [-0.1, -0.05) is 6.07 Å². The Labute approximate surface area is 133 Å². The van der Waals surface area contributed by atoms with E-state index in [-0.39, 0.29) is 16.8 Å². The van der Waals surface area contributed by atoms with Crippen LogP contribution in [0.25, 0.3) is 6.08 Å². The second kappa shape index (κ2) is 6.25. The van der Waals surface area contributed by atoms with Crippen molar-refractivity contribution in [1.82, 2.24) is 10.3 Å². The fourth-order valence-corrected chi connectivity index (χ4v) is 2.60. The lowest BCUT2D eigenvalue weighted by Crippen LogP contribution is -2.18. The molecule has 116 valence electrons. The third-order valence-corrected chi connectivity index (χ3v) is 3.67. The molecule has 0 unspecified atom stereocenters. The van der Waals surface area contributed by atoms with Crippen LogP contribution in [-0.4, -0.2) is 16.1 Å². The highest BCUT2D eigenvalue weighted by Gasteiger charge is 2.24. The molecule has 0 bridgehead atoms. The quantitative estimate of drug-likeness (QED) is 0.843. The van der Waals surface area contributed by atoms with Gasteiger partial charge in [0, 0.05) is 24.5 Å². The summed E-state index contributed by atoms with van der Waals surface area (Å²) in [7, 11) is 0. The lowest BCUT2D eigenvalue weighted by molar-refractivity contribution is 0.265. The van der Waals surface area contributed by atoms with E-state index in [4.69, 9.17) is 0 Å². The molecule has 1 aromatic heterocycles. The molecular weight excluding hydrogens is 327 g/mol. The number of amides is 1. The number of hydrogen-bond donors (Lipinski definition) is 1. The summed E-state index contributed by atoms with van der Waals surface area (Å²) in [5.74, 6) is -4.13. The lowest BCUT2D eigenvalue weighted by atomic mass is 10.2. The monoisotopic (exact) mass is 335 g/mol. The third-order valence-electron chi connectivity index (χ3n) is 2.85. The number of aliphatic imine (C=N–C) groups is 1. The summed E-state index contributed by atoms with van der Waals surface area (Å²) >= 11 is 0.890. The van der Waals surface area contributed by atoms with Crippen molar-refractivity contribution in [2.75, 3.05) is 0 Å². The van der Waals surface area contributed by atoms with Gasteiger partial charge in [0.05, 0.1) is 10.6 Å². The first-order valence-electron chi connectivity index (χ1n) is 6.37. The summed E-state index contributed by atoms with van der Waals surface area (Å²) in [4.78, 5) is 19.9. The minimum atomic E-state index is -1.56. The lowest BCUT2D eigenvalue weighted by Gasteiger charge is -2.01. The zero-order chi connectivity index (χ0) is 16.4. The van der Waals surface area contributed by atoms with Gasteiger partial charge in [0.15, 0.2) is 17.5 Å². The topological polar surface area (TPSA) is 54.4 Å². The van der Waals surface area contributed by atoms with E-state index < -0.39 is 17.5 Å². The number of halogens is 3. The molecule has 4 nitrogen and oxygen atoms in total. The van der Waals surface area contributed by atoms with Crippen LogP contribution in [-0.2, 0) is 0 Å². The molecule has 0 atom stereocenters. The zero-order valence-corrected chi connectivity index (χ0v) is 12.2. The molecule has 3 rings (SSSR count). The average molecular weight is 335 g/mol. The first-order valence-corrected chi connectivity index (χ1v) is 7.19. The van der Waals surface area contributed by atoms with Crippen molar-refractivity contribution in [3.05, 3.63) is 64.6 Å². The maximum Gasteiger partial charge on any atom is 0.289 e. The molecule has 0 spiro atoms. The van der Waals surface area contributed by atoms with Gasteiger partial charge in [0.25, 0.3) is 5.24 Å². The van der Waals surface area contributed by atoms with Crippen LogP contribution in [0, 0.1) is 17.5 Å². The second-order valence-electron chi connectivity index (χ2n) is 4.49.